The Morgan fingerprint density at radius 2 is 2.46 bits per heavy atom. The van der Waals surface area contributed by atoms with E-state index in [0.29, 0.717) is 5.92 Å². The number of hydrogen-bond donors (Lipinski definition) is 2. The zero-order valence-corrected chi connectivity index (χ0v) is 7.75. The topological polar surface area (TPSA) is 76.2 Å². The molecule has 1 aliphatic rings. The lowest BCUT2D eigenvalue weighted by atomic mass is 10.1. The van der Waals surface area contributed by atoms with Crippen LogP contribution in [-0.2, 0) is 4.79 Å². The molecule has 1 fully saturated rings. The predicted octanol–water partition coefficient (Wildman–Crippen LogP) is 1.10. The first-order valence-corrected chi connectivity index (χ1v) is 4.99. The number of thiazole rings is 1. The predicted molar refractivity (Wildman–Crippen MR) is 48.7 cm³/mol. The molecule has 0 radical (unpaired) electrons. The van der Waals surface area contributed by atoms with E-state index in [1.807, 2.05) is 0 Å². The number of carbonyl (C=O) groups is 1. The van der Waals surface area contributed by atoms with Crippen molar-refractivity contribution in [3.63, 3.8) is 0 Å². The van der Waals surface area contributed by atoms with Gasteiger partial charge in [-0.05, 0) is 12.8 Å². The van der Waals surface area contributed by atoms with Crippen LogP contribution in [0.2, 0.25) is 0 Å². The van der Waals surface area contributed by atoms with Crippen LogP contribution in [0.1, 0.15) is 35.4 Å². The van der Waals surface area contributed by atoms with Gasteiger partial charge in [0.15, 0.2) is 0 Å². The number of aromatic nitrogens is 1. The Bertz CT molecular complexity index is 333. The van der Waals surface area contributed by atoms with Crippen molar-refractivity contribution < 1.29 is 9.90 Å². The largest absolute Gasteiger partial charge is 0.480 e. The third-order valence-electron chi connectivity index (χ3n) is 2.14. The lowest BCUT2D eigenvalue weighted by molar-refractivity contribution is -0.138. The molecule has 1 unspecified atom stereocenters. The SMILES string of the molecule is NC(C(=O)O)c1scnc1C1CC1. The third-order valence-corrected chi connectivity index (χ3v) is 3.06. The van der Waals surface area contributed by atoms with Crippen molar-refractivity contribution in [1.82, 2.24) is 4.98 Å². The summed E-state index contributed by atoms with van der Waals surface area (Å²) in [5.41, 5.74) is 8.09. The molecule has 1 atom stereocenters. The van der Waals surface area contributed by atoms with Gasteiger partial charge in [0, 0.05) is 5.92 Å². The normalized spacial score (nSPS) is 18.5. The van der Waals surface area contributed by atoms with Crippen molar-refractivity contribution in [3.8, 4) is 0 Å². The second-order valence-electron chi connectivity index (χ2n) is 3.19. The van der Waals surface area contributed by atoms with Crippen LogP contribution in [0, 0.1) is 0 Å². The summed E-state index contributed by atoms with van der Waals surface area (Å²) in [6.07, 6.45) is 2.23. The van der Waals surface area contributed by atoms with Gasteiger partial charge in [0.2, 0.25) is 0 Å². The van der Waals surface area contributed by atoms with Gasteiger partial charge in [0.05, 0.1) is 16.1 Å². The number of carboxylic acid groups (broad SMARTS) is 1. The summed E-state index contributed by atoms with van der Waals surface area (Å²) in [4.78, 5) is 15.5. The van der Waals surface area contributed by atoms with E-state index in [1.54, 1.807) is 5.51 Å². The molecule has 0 aromatic carbocycles. The highest BCUT2D eigenvalue weighted by Crippen LogP contribution is 2.43. The molecule has 5 heteroatoms. The van der Waals surface area contributed by atoms with E-state index >= 15 is 0 Å². The number of aliphatic carboxylic acids is 1. The summed E-state index contributed by atoms with van der Waals surface area (Å²) in [7, 11) is 0. The van der Waals surface area contributed by atoms with Crippen molar-refractivity contribution in [2.75, 3.05) is 0 Å². The summed E-state index contributed by atoms with van der Waals surface area (Å²) in [6, 6.07) is -0.900. The maximum Gasteiger partial charge on any atom is 0.326 e. The molecule has 1 aromatic heterocycles. The molecule has 1 aromatic rings. The van der Waals surface area contributed by atoms with Crippen molar-refractivity contribution >= 4 is 17.3 Å². The van der Waals surface area contributed by atoms with Crippen molar-refractivity contribution in [2.45, 2.75) is 24.8 Å². The van der Waals surface area contributed by atoms with Crippen LogP contribution in [0.3, 0.4) is 0 Å². The molecule has 2 rings (SSSR count). The van der Waals surface area contributed by atoms with Crippen LogP contribution in [0.15, 0.2) is 5.51 Å². The van der Waals surface area contributed by atoms with Crippen LogP contribution in [0.4, 0.5) is 0 Å². The Labute approximate surface area is 79.4 Å². The maximum absolute atomic E-state index is 10.6. The Morgan fingerprint density at radius 3 is 3.00 bits per heavy atom. The van der Waals surface area contributed by atoms with Gasteiger partial charge >= 0.3 is 5.97 Å². The zero-order valence-electron chi connectivity index (χ0n) is 6.93. The van der Waals surface area contributed by atoms with Gasteiger partial charge in [-0.15, -0.1) is 11.3 Å². The van der Waals surface area contributed by atoms with Gasteiger partial charge in [-0.2, -0.15) is 0 Å². The number of nitrogens with two attached hydrogens (primary N) is 1. The summed E-state index contributed by atoms with van der Waals surface area (Å²) < 4.78 is 0. The Morgan fingerprint density at radius 1 is 1.77 bits per heavy atom. The molecule has 1 aliphatic carbocycles. The van der Waals surface area contributed by atoms with Crippen molar-refractivity contribution in [3.05, 3.63) is 16.1 Å². The quantitative estimate of drug-likeness (QED) is 0.762. The standard InChI is InChI=1S/C8H10N2O2S/c9-5(8(11)12)7-6(4-1-2-4)10-3-13-7/h3-5H,1-2,9H2,(H,11,12). The number of nitrogens with zero attached hydrogens (tertiary/aromatic N) is 1. The summed E-state index contributed by atoms with van der Waals surface area (Å²) in [5.74, 6) is -0.516. The van der Waals surface area contributed by atoms with E-state index in [4.69, 9.17) is 10.8 Å². The molecule has 0 aliphatic heterocycles. The highest BCUT2D eigenvalue weighted by atomic mass is 32.1. The number of rotatable bonds is 3. The van der Waals surface area contributed by atoms with E-state index in [-0.39, 0.29) is 0 Å². The molecule has 70 valence electrons. The minimum atomic E-state index is -0.980. The summed E-state index contributed by atoms with van der Waals surface area (Å²) in [6.45, 7) is 0. The van der Waals surface area contributed by atoms with Crippen LogP contribution in [0.5, 0.6) is 0 Å². The van der Waals surface area contributed by atoms with Crippen molar-refractivity contribution in [1.29, 1.82) is 0 Å². The fourth-order valence-corrected chi connectivity index (χ4v) is 2.14. The smallest absolute Gasteiger partial charge is 0.326 e. The fraction of sp³-hybridized carbons (Fsp3) is 0.500. The minimum Gasteiger partial charge on any atom is -0.480 e. The number of hydrogen-bond acceptors (Lipinski definition) is 4. The number of carboxylic acids is 1. The molecule has 13 heavy (non-hydrogen) atoms. The fourth-order valence-electron chi connectivity index (χ4n) is 1.27. The minimum absolute atomic E-state index is 0.464. The first-order chi connectivity index (χ1) is 6.20. The van der Waals surface area contributed by atoms with Crippen LogP contribution in [-0.4, -0.2) is 16.1 Å². The van der Waals surface area contributed by atoms with Crippen molar-refractivity contribution in [2.24, 2.45) is 5.73 Å². The van der Waals surface area contributed by atoms with Gasteiger partial charge in [-0.1, -0.05) is 0 Å². The first-order valence-electron chi connectivity index (χ1n) is 4.12. The van der Waals surface area contributed by atoms with Gasteiger partial charge in [-0.3, -0.25) is 4.79 Å². The van der Waals surface area contributed by atoms with Crippen LogP contribution < -0.4 is 5.73 Å². The molecule has 4 nitrogen and oxygen atoms in total. The Balaban J connectivity index is 2.27. The van der Waals surface area contributed by atoms with Crippen LogP contribution in [0.25, 0.3) is 0 Å². The Kier molecular flexibility index (Phi) is 2.05. The molecule has 0 spiro atoms. The molecule has 0 saturated heterocycles. The van der Waals surface area contributed by atoms with Crippen LogP contribution >= 0.6 is 11.3 Å². The van der Waals surface area contributed by atoms with E-state index in [9.17, 15) is 4.79 Å². The monoisotopic (exact) mass is 198 g/mol. The molecule has 1 heterocycles. The summed E-state index contributed by atoms with van der Waals surface area (Å²) in [5, 5.41) is 8.73. The molecular formula is C8H10N2O2S. The molecule has 0 amide bonds. The van der Waals surface area contributed by atoms with E-state index < -0.39 is 12.0 Å². The molecule has 0 bridgehead atoms. The first kappa shape index (κ1) is 8.65. The third kappa shape index (κ3) is 1.57. The maximum atomic E-state index is 10.6. The molecule has 1 saturated carbocycles. The highest BCUT2D eigenvalue weighted by Gasteiger charge is 2.31. The molecular weight excluding hydrogens is 188 g/mol. The highest BCUT2D eigenvalue weighted by molar-refractivity contribution is 7.10. The van der Waals surface area contributed by atoms with E-state index in [2.05, 4.69) is 4.98 Å². The van der Waals surface area contributed by atoms with E-state index in [0.717, 1.165) is 23.4 Å². The lowest BCUT2D eigenvalue weighted by Gasteiger charge is -2.04. The van der Waals surface area contributed by atoms with E-state index in [1.165, 1.54) is 11.3 Å². The van der Waals surface area contributed by atoms with Gasteiger partial charge in [0.25, 0.3) is 0 Å². The average Bonchev–Trinajstić information content (AvgIpc) is 2.83. The lowest BCUT2D eigenvalue weighted by Crippen LogP contribution is -2.20. The summed E-state index contributed by atoms with van der Waals surface area (Å²) >= 11 is 1.34. The van der Waals surface area contributed by atoms with Gasteiger partial charge in [0.1, 0.15) is 6.04 Å². The molecule has 3 N–H and O–H groups in total. The van der Waals surface area contributed by atoms with Gasteiger partial charge in [-0.25, -0.2) is 4.98 Å². The second kappa shape index (κ2) is 3.08. The zero-order chi connectivity index (χ0) is 9.42. The average molecular weight is 198 g/mol. The Hall–Kier alpha value is -0.940. The second-order valence-corrected chi connectivity index (χ2v) is 4.08. The van der Waals surface area contributed by atoms with Gasteiger partial charge < -0.3 is 10.8 Å².